The summed E-state index contributed by atoms with van der Waals surface area (Å²) in [6, 6.07) is 8.92. The van der Waals surface area contributed by atoms with Crippen molar-refractivity contribution in [2.45, 2.75) is 72.8 Å². The van der Waals surface area contributed by atoms with Crippen molar-refractivity contribution < 1.29 is 25.8 Å². The van der Waals surface area contributed by atoms with E-state index in [1.807, 2.05) is 41.5 Å². The SMILES string of the molecule is CC(C)[NH-].CC(C)[NH-].CC(C)[NH-].C[SiH](C)[c-]1cccc1.[Hf+4]. The van der Waals surface area contributed by atoms with E-state index in [1.54, 1.807) is 5.19 Å². The van der Waals surface area contributed by atoms with Gasteiger partial charge in [0.05, 0.1) is 0 Å². The molecule has 1 aromatic rings. The molecule has 0 atom stereocenters. The van der Waals surface area contributed by atoms with Crippen molar-refractivity contribution in [3.05, 3.63) is 41.5 Å². The van der Waals surface area contributed by atoms with Crippen LogP contribution in [0, 0.1) is 0 Å². The molecule has 0 saturated heterocycles. The molecule has 0 saturated carbocycles. The van der Waals surface area contributed by atoms with Crippen LogP contribution in [0.4, 0.5) is 0 Å². The van der Waals surface area contributed by atoms with Crippen LogP contribution in [-0.2, 0) is 25.8 Å². The second-order valence-electron chi connectivity index (χ2n) is 5.84. The summed E-state index contributed by atoms with van der Waals surface area (Å²) in [5.74, 6) is 0. The molecule has 1 rings (SSSR count). The molecular weight excluding hydrogens is 441 g/mol. The number of hydrogen-bond donors (Lipinski definition) is 0. The first-order valence-corrected chi connectivity index (χ1v) is 10.2. The molecule has 0 amide bonds. The molecule has 0 fully saturated rings. The zero-order chi connectivity index (χ0) is 16.7. The Morgan fingerprint density at radius 2 is 0.905 bits per heavy atom. The topological polar surface area (TPSA) is 71.4 Å². The molecule has 3 nitrogen and oxygen atoms in total. The Bertz CT molecular complexity index is 238. The first kappa shape index (κ1) is 29.3. The summed E-state index contributed by atoms with van der Waals surface area (Å²) in [5.41, 5.74) is 19.8. The second kappa shape index (κ2) is 20.3. The summed E-state index contributed by atoms with van der Waals surface area (Å²) in [7, 11) is -0.480. The summed E-state index contributed by atoms with van der Waals surface area (Å²) < 4.78 is 0. The van der Waals surface area contributed by atoms with Crippen LogP contribution < -0.4 is 5.19 Å². The van der Waals surface area contributed by atoms with Gasteiger partial charge in [0.15, 0.2) is 0 Å². The molecule has 0 unspecified atom stereocenters. The van der Waals surface area contributed by atoms with Crippen LogP contribution in [0.5, 0.6) is 0 Å². The third kappa shape index (κ3) is 53.2. The van der Waals surface area contributed by atoms with E-state index in [0.717, 1.165) is 0 Å². The number of rotatable bonds is 1. The van der Waals surface area contributed by atoms with E-state index in [-0.39, 0.29) is 44.0 Å². The molecule has 21 heavy (non-hydrogen) atoms. The molecule has 0 aliphatic heterocycles. The molecule has 5 heteroatoms. The first-order chi connectivity index (χ1) is 9.00. The molecule has 3 N–H and O–H groups in total. The van der Waals surface area contributed by atoms with Gasteiger partial charge in [-0.1, -0.05) is 54.6 Å². The smallest absolute Gasteiger partial charge is 0.675 e. The largest absolute Gasteiger partial charge is 4.00 e. The van der Waals surface area contributed by atoms with Crippen molar-refractivity contribution >= 4 is 14.0 Å². The van der Waals surface area contributed by atoms with Gasteiger partial charge < -0.3 is 17.2 Å². The minimum absolute atomic E-state index is 0. The normalized spacial score (nSPS) is 9.10. The second-order valence-corrected chi connectivity index (χ2v) is 8.81. The van der Waals surface area contributed by atoms with Crippen molar-refractivity contribution in [2.24, 2.45) is 0 Å². The van der Waals surface area contributed by atoms with Crippen molar-refractivity contribution in [3.8, 4) is 0 Å². The van der Waals surface area contributed by atoms with Crippen molar-refractivity contribution in [1.82, 2.24) is 0 Å². The van der Waals surface area contributed by atoms with Crippen molar-refractivity contribution in [2.75, 3.05) is 0 Å². The van der Waals surface area contributed by atoms with Crippen LogP contribution in [0.25, 0.3) is 17.2 Å². The molecule has 1 aromatic carbocycles. The summed E-state index contributed by atoms with van der Waals surface area (Å²) in [6.45, 7) is 15.7. The van der Waals surface area contributed by atoms with Crippen LogP contribution in [0.1, 0.15) is 41.5 Å². The van der Waals surface area contributed by atoms with Gasteiger partial charge in [-0.15, -0.1) is 18.1 Å². The van der Waals surface area contributed by atoms with Crippen LogP contribution in [0.15, 0.2) is 24.3 Å². The average Bonchev–Trinajstić information content (AvgIpc) is 2.66. The zero-order valence-corrected chi connectivity index (χ0v) is 19.9. The number of hydrogen-bond acceptors (Lipinski definition) is 0. The quantitative estimate of drug-likeness (QED) is 0.383. The minimum atomic E-state index is -0.480. The van der Waals surface area contributed by atoms with E-state index in [0.29, 0.717) is 0 Å². The van der Waals surface area contributed by atoms with Gasteiger partial charge in [0, 0.05) is 8.80 Å². The maximum atomic E-state index is 6.58. The van der Waals surface area contributed by atoms with Gasteiger partial charge in [-0.3, -0.25) is 0 Å². The van der Waals surface area contributed by atoms with Gasteiger partial charge >= 0.3 is 25.8 Å². The molecule has 0 aliphatic rings. The third-order valence-electron chi connectivity index (χ3n) is 1.36. The van der Waals surface area contributed by atoms with Gasteiger partial charge in [-0.05, 0) is 0 Å². The van der Waals surface area contributed by atoms with Crippen LogP contribution in [0.3, 0.4) is 0 Å². The Balaban J connectivity index is -0.0000000973. The van der Waals surface area contributed by atoms with Crippen LogP contribution in [0.2, 0.25) is 13.1 Å². The van der Waals surface area contributed by atoms with Gasteiger partial charge in [0.1, 0.15) is 0 Å². The molecular formula is C16H35HfN3Si. The molecule has 122 valence electrons. The minimum Gasteiger partial charge on any atom is -0.675 e. The molecule has 0 bridgehead atoms. The molecule has 0 aromatic heterocycles. The van der Waals surface area contributed by atoms with E-state index in [9.17, 15) is 0 Å². The standard InChI is InChI=1S/C7H11Si.3C3H8N.Hf/c1-8(2)7-5-3-4-6-7;3*1-3(2)4;/h3-6,8H,1-2H3;3*3-4H,1-2H3;/q4*-1;+4. The Morgan fingerprint density at radius 3 is 1.00 bits per heavy atom. The maximum absolute atomic E-state index is 6.58. The van der Waals surface area contributed by atoms with E-state index in [1.165, 1.54) is 0 Å². The summed E-state index contributed by atoms with van der Waals surface area (Å²) in [6.07, 6.45) is 0. The molecule has 0 radical (unpaired) electrons. The summed E-state index contributed by atoms with van der Waals surface area (Å²) in [5, 5.41) is 1.57. The van der Waals surface area contributed by atoms with Crippen LogP contribution >= 0.6 is 0 Å². The first-order valence-electron chi connectivity index (χ1n) is 7.35. The molecule has 0 aliphatic carbocycles. The Morgan fingerprint density at radius 1 is 0.714 bits per heavy atom. The fraction of sp³-hybridized carbons (Fsp3) is 0.688. The molecule has 0 heterocycles. The average molecular weight is 476 g/mol. The Labute approximate surface area is 153 Å². The van der Waals surface area contributed by atoms with E-state index < -0.39 is 8.80 Å². The summed E-state index contributed by atoms with van der Waals surface area (Å²) >= 11 is 0. The predicted octanol–water partition coefficient (Wildman–Crippen LogP) is 5.44. The van der Waals surface area contributed by atoms with Gasteiger partial charge in [-0.25, -0.2) is 12.1 Å². The van der Waals surface area contributed by atoms with E-state index >= 15 is 0 Å². The van der Waals surface area contributed by atoms with Gasteiger partial charge in [0.25, 0.3) is 0 Å². The fourth-order valence-corrected chi connectivity index (χ4v) is 1.77. The fourth-order valence-electron chi connectivity index (χ4n) is 0.774. The Kier molecular flexibility index (Phi) is 28.4. The Hall–Kier alpha value is 0.317. The molecule has 0 spiro atoms. The third-order valence-corrected chi connectivity index (χ3v) is 3.07. The van der Waals surface area contributed by atoms with E-state index in [4.69, 9.17) is 17.2 Å². The monoisotopic (exact) mass is 477 g/mol. The van der Waals surface area contributed by atoms with Gasteiger partial charge in [-0.2, -0.15) is 17.3 Å². The van der Waals surface area contributed by atoms with Crippen molar-refractivity contribution in [1.29, 1.82) is 0 Å². The summed E-state index contributed by atoms with van der Waals surface area (Å²) in [4.78, 5) is 0. The number of nitrogens with one attached hydrogen (secondary N) is 3. The van der Waals surface area contributed by atoms with Crippen molar-refractivity contribution in [3.63, 3.8) is 0 Å². The predicted molar refractivity (Wildman–Crippen MR) is 98.9 cm³/mol. The van der Waals surface area contributed by atoms with E-state index in [2.05, 4.69) is 37.4 Å². The van der Waals surface area contributed by atoms with Crippen LogP contribution in [-0.4, -0.2) is 26.9 Å². The maximum Gasteiger partial charge on any atom is 4.00 e. The van der Waals surface area contributed by atoms with Gasteiger partial charge in [0.2, 0.25) is 0 Å². The zero-order valence-electron chi connectivity index (χ0n) is 15.1.